The summed E-state index contributed by atoms with van der Waals surface area (Å²) in [4.78, 5) is 27.2. The van der Waals surface area contributed by atoms with Crippen LogP contribution in [0.1, 0.15) is 22.4 Å². The molecule has 2 amide bonds. The molecule has 25 heavy (non-hydrogen) atoms. The van der Waals surface area contributed by atoms with E-state index in [-0.39, 0.29) is 17.6 Å². The summed E-state index contributed by atoms with van der Waals surface area (Å²) in [6, 6.07) is 7.43. The number of amides is 2. The van der Waals surface area contributed by atoms with E-state index in [1.807, 2.05) is 0 Å². The van der Waals surface area contributed by atoms with Gasteiger partial charge < -0.3 is 4.42 Å². The first-order valence-corrected chi connectivity index (χ1v) is 8.92. The molecular formula is C15H9N5O3S2. The van der Waals surface area contributed by atoms with Crippen molar-refractivity contribution in [3.05, 3.63) is 40.6 Å². The SMILES string of the molecule is N#Cc1ccc2nc(Cc3nnc(CC4SC(=O)NC4=O)o3)sc2c1. The number of aromatic nitrogens is 3. The molecule has 4 rings (SSSR count). The van der Waals surface area contributed by atoms with E-state index in [0.717, 1.165) is 27.0 Å². The molecule has 1 aromatic carbocycles. The molecule has 8 nitrogen and oxygen atoms in total. The van der Waals surface area contributed by atoms with Gasteiger partial charge in [-0.1, -0.05) is 11.8 Å². The van der Waals surface area contributed by atoms with Crippen LogP contribution in [0, 0.1) is 11.3 Å². The van der Waals surface area contributed by atoms with E-state index in [1.165, 1.54) is 11.3 Å². The van der Waals surface area contributed by atoms with E-state index >= 15 is 0 Å². The standard InChI is InChI=1S/C15H9N5O3S2/c16-6-7-1-2-8-9(3-7)24-13(17-8)5-12-20-19-11(23-12)4-10-14(21)18-15(22)25-10/h1-3,10H,4-5H2,(H,18,21,22). The molecule has 10 heteroatoms. The van der Waals surface area contributed by atoms with Crippen LogP contribution in [0.15, 0.2) is 22.6 Å². The van der Waals surface area contributed by atoms with Gasteiger partial charge in [0.15, 0.2) is 0 Å². The van der Waals surface area contributed by atoms with Gasteiger partial charge in [-0.05, 0) is 18.2 Å². The number of thiazole rings is 1. The number of carbonyl (C=O) groups excluding carboxylic acids is 2. The predicted molar refractivity (Wildman–Crippen MR) is 90.1 cm³/mol. The lowest BCUT2D eigenvalue weighted by Gasteiger charge is -1.98. The number of nitrogens with one attached hydrogen (secondary N) is 1. The minimum absolute atomic E-state index is 0.209. The van der Waals surface area contributed by atoms with Gasteiger partial charge in [0.1, 0.15) is 10.3 Å². The first-order valence-electron chi connectivity index (χ1n) is 7.23. The Morgan fingerprint density at radius 1 is 1.28 bits per heavy atom. The van der Waals surface area contributed by atoms with Gasteiger partial charge in [-0.25, -0.2) is 4.98 Å². The van der Waals surface area contributed by atoms with Crippen LogP contribution in [-0.4, -0.2) is 31.6 Å². The van der Waals surface area contributed by atoms with Gasteiger partial charge in [-0.15, -0.1) is 21.5 Å². The molecule has 1 saturated heterocycles. The second-order valence-corrected chi connectivity index (χ2v) is 7.55. The van der Waals surface area contributed by atoms with Crippen LogP contribution in [0.25, 0.3) is 10.2 Å². The number of benzene rings is 1. The number of carbonyl (C=O) groups is 2. The Morgan fingerprint density at radius 2 is 2.12 bits per heavy atom. The molecule has 1 N–H and O–H groups in total. The zero-order valence-corrected chi connectivity index (χ0v) is 14.2. The first kappa shape index (κ1) is 15.7. The van der Waals surface area contributed by atoms with Gasteiger partial charge in [0.2, 0.25) is 17.7 Å². The maximum atomic E-state index is 11.6. The second kappa shape index (κ2) is 6.27. The van der Waals surface area contributed by atoms with Crippen molar-refractivity contribution in [1.82, 2.24) is 20.5 Å². The largest absolute Gasteiger partial charge is 0.425 e. The maximum absolute atomic E-state index is 11.6. The number of hydrogen-bond acceptors (Lipinski definition) is 9. The summed E-state index contributed by atoms with van der Waals surface area (Å²) in [7, 11) is 0. The summed E-state index contributed by atoms with van der Waals surface area (Å²) < 4.78 is 6.48. The third kappa shape index (κ3) is 3.24. The van der Waals surface area contributed by atoms with Gasteiger partial charge in [0.05, 0.1) is 28.3 Å². The Labute approximate surface area is 149 Å². The fraction of sp³-hybridized carbons (Fsp3) is 0.200. The average Bonchev–Trinajstić information content (AvgIpc) is 3.27. The number of nitrogens with zero attached hydrogens (tertiary/aromatic N) is 4. The van der Waals surface area contributed by atoms with Crippen molar-refractivity contribution >= 4 is 44.5 Å². The van der Waals surface area contributed by atoms with Crippen molar-refractivity contribution < 1.29 is 14.0 Å². The van der Waals surface area contributed by atoms with Crippen LogP contribution in [-0.2, 0) is 17.6 Å². The Morgan fingerprint density at radius 3 is 2.88 bits per heavy atom. The van der Waals surface area contributed by atoms with Crippen molar-refractivity contribution in [2.75, 3.05) is 0 Å². The smallest absolute Gasteiger partial charge is 0.286 e. The molecule has 3 aromatic rings. The summed E-state index contributed by atoms with van der Waals surface area (Å²) in [5, 5.41) is 19.0. The Bertz CT molecular complexity index is 1040. The van der Waals surface area contributed by atoms with Crippen molar-refractivity contribution in [2.24, 2.45) is 0 Å². The highest BCUT2D eigenvalue weighted by Gasteiger charge is 2.33. The number of rotatable bonds is 4. The zero-order valence-electron chi connectivity index (χ0n) is 12.6. The van der Waals surface area contributed by atoms with Gasteiger partial charge in [-0.2, -0.15) is 5.26 Å². The Balaban J connectivity index is 1.48. The van der Waals surface area contributed by atoms with E-state index in [0.29, 0.717) is 23.8 Å². The highest BCUT2D eigenvalue weighted by molar-refractivity contribution is 8.15. The monoisotopic (exact) mass is 371 g/mol. The molecule has 1 fully saturated rings. The summed E-state index contributed by atoms with van der Waals surface area (Å²) >= 11 is 2.39. The molecule has 1 aliphatic heterocycles. The van der Waals surface area contributed by atoms with Gasteiger partial charge >= 0.3 is 0 Å². The van der Waals surface area contributed by atoms with Crippen LogP contribution >= 0.6 is 23.1 Å². The highest BCUT2D eigenvalue weighted by atomic mass is 32.2. The van der Waals surface area contributed by atoms with Gasteiger partial charge in [0.25, 0.3) is 5.24 Å². The molecule has 0 spiro atoms. The lowest BCUT2D eigenvalue weighted by atomic mass is 10.2. The molecule has 2 aromatic heterocycles. The van der Waals surface area contributed by atoms with E-state index in [2.05, 4.69) is 26.6 Å². The number of thioether (sulfide) groups is 1. The Hall–Kier alpha value is -2.77. The van der Waals surface area contributed by atoms with Crippen molar-refractivity contribution in [2.45, 2.75) is 18.1 Å². The van der Waals surface area contributed by atoms with E-state index in [1.54, 1.807) is 18.2 Å². The van der Waals surface area contributed by atoms with Crippen LogP contribution in [0.2, 0.25) is 0 Å². The normalized spacial score (nSPS) is 17.0. The summed E-state index contributed by atoms with van der Waals surface area (Å²) in [6.07, 6.45) is 0.581. The van der Waals surface area contributed by atoms with Gasteiger partial charge in [-0.3, -0.25) is 14.9 Å². The number of fused-ring (bicyclic) bond motifs is 1. The van der Waals surface area contributed by atoms with Crippen molar-refractivity contribution in [3.8, 4) is 6.07 Å². The average molecular weight is 371 g/mol. The Kier molecular flexibility index (Phi) is 3.95. The molecule has 0 aliphatic carbocycles. The van der Waals surface area contributed by atoms with Crippen molar-refractivity contribution in [1.29, 1.82) is 5.26 Å². The lowest BCUT2D eigenvalue weighted by molar-refractivity contribution is -0.119. The topological polar surface area (TPSA) is 122 Å². The van der Waals surface area contributed by atoms with E-state index < -0.39 is 5.25 Å². The summed E-state index contributed by atoms with van der Waals surface area (Å²) in [5.74, 6) is 0.365. The van der Waals surface area contributed by atoms with Crippen molar-refractivity contribution in [3.63, 3.8) is 0 Å². The van der Waals surface area contributed by atoms with Crippen LogP contribution in [0.5, 0.6) is 0 Å². The van der Waals surface area contributed by atoms with E-state index in [4.69, 9.17) is 9.68 Å². The van der Waals surface area contributed by atoms with Crippen LogP contribution in [0.3, 0.4) is 0 Å². The summed E-state index contributed by atoms with van der Waals surface area (Å²) in [5.41, 5.74) is 1.40. The predicted octanol–water partition coefficient (Wildman–Crippen LogP) is 2.04. The van der Waals surface area contributed by atoms with Gasteiger partial charge in [0, 0.05) is 6.42 Å². The maximum Gasteiger partial charge on any atom is 0.286 e. The number of imide groups is 1. The minimum atomic E-state index is -0.535. The molecule has 0 bridgehead atoms. The van der Waals surface area contributed by atoms with E-state index in [9.17, 15) is 9.59 Å². The molecular weight excluding hydrogens is 362 g/mol. The third-order valence-electron chi connectivity index (χ3n) is 3.50. The highest BCUT2D eigenvalue weighted by Crippen LogP contribution is 2.26. The zero-order chi connectivity index (χ0) is 17.4. The minimum Gasteiger partial charge on any atom is -0.425 e. The molecule has 1 unspecified atom stereocenters. The fourth-order valence-corrected chi connectivity index (χ4v) is 4.18. The van der Waals surface area contributed by atoms with Crippen LogP contribution in [0.4, 0.5) is 4.79 Å². The molecule has 124 valence electrons. The lowest BCUT2D eigenvalue weighted by Crippen LogP contribution is -2.25. The number of nitriles is 1. The molecule has 1 atom stereocenters. The quantitative estimate of drug-likeness (QED) is 0.739. The molecule has 1 aliphatic rings. The third-order valence-corrected chi connectivity index (χ3v) is 5.50. The second-order valence-electron chi connectivity index (χ2n) is 5.26. The molecule has 3 heterocycles. The number of hydrogen-bond donors (Lipinski definition) is 1. The first-order chi connectivity index (χ1) is 12.1. The molecule has 0 radical (unpaired) electrons. The molecule has 0 saturated carbocycles. The summed E-state index contributed by atoms with van der Waals surface area (Å²) in [6.45, 7) is 0. The fourth-order valence-electron chi connectivity index (χ4n) is 2.38. The van der Waals surface area contributed by atoms with Crippen LogP contribution < -0.4 is 5.32 Å².